The zero-order chi connectivity index (χ0) is 6.28. The van der Waals surface area contributed by atoms with Crippen LogP contribution in [0.2, 0.25) is 0 Å². The largest absolute Gasteiger partial charge is 0.693 e. The van der Waals surface area contributed by atoms with Crippen LogP contribution < -0.4 is 0 Å². The summed E-state index contributed by atoms with van der Waals surface area (Å²) >= 11 is -0.556. The van der Waals surface area contributed by atoms with Crippen molar-refractivity contribution in [1.29, 1.82) is 0 Å². The predicted molar refractivity (Wildman–Crippen MR) is 37.2 cm³/mol. The molecule has 0 fully saturated rings. The number of halogens is 2. The minimum Gasteiger partial charge on any atom is -0.693 e. The molecule has 0 amide bonds. The summed E-state index contributed by atoms with van der Waals surface area (Å²) in [4.78, 5) is 0. The molecule has 0 unspecified atom stereocenters. The maximum absolute atomic E-state index is 4.89. The third-order valence-corrected chi connectivity index (χ3v) is 0. The molecule has 0 spiro atoms. The third kappa shape index (κ3) is 180. The number of hydrogen-bond acceptors (Lipinski definition) is 0. The van der Waals surface area contributed by atoms with Crippen molar-refractivity contribution in [3.05, 3.63) is 13.1 Å². The average Bonchev–Trinajstić information content (AvgIpc) is 1.33. The molecule has 0 rings (SSSR count). The minimum atomic E-state index is -0.556. The van der Waals surface area contributed by atoms with Crippen LogP contribution in [0.1, 0.15) is 13.8 Å². The van der Waals surface area contributed by atoms with E-state index in [0.717, 1.165) is 0 Å². The summed E-state index contributed by atoms with van der Waals surface area (Å²) in [5.41, 5.74) is 0. The molecule has 0 bridgehead atoms. The summed E-state index contributed by atoms with van der Waals surface area (Å²) < 4.78 is 0. The molecule has 0 atom stereocenters. The zero-order valence-corrected chi connectivity index (χ0v) is 8.19. The van der Waals surface area contributed by atoms with Crippen LogP contribution in [0.4, 0.5) is 0 Å². The molecule has 0 aromatic rings. The van der Waals surface area contributed by atoms with E-state index in [-0.39, 0.29) is 6.15 Å². The summed E-state index contributed by atoms with van der Waals surface area (Å²) in [7, 11) is 9.78. The monoisotopic (exact) mass is 191 g/mol. The first-order chi connectivity index (χ1) is 3.15. The Bertz CT molecular complexity index is 25.2. The van der Waals surface area contributed by atoms with E-state index in [1.165, 1.54) is 0 Å². The molecule has 4 heteroatoms. The van der Waals surface area contributed by atoms with Crippen molar-refractivity contribution in [1.82, 2.24) is 0 Å². The Morgan fingerprint density at radius 3 is 1.38 bits per heavy atom. The van der Waals surface area contributed by atoms with Crippen LogP contribution in [-0.4, -0.2) is 0 Å². The maximum Gasteiger partial charge on any atom is -0.693 e. The predicted octanol–water partition coefficient (Wildman–Crippen LogP) is 3.57. The molecule has 2 N–H and O–H groups in total. The van der Waals surface area contributed by atoms with Crippen LogP contribution >= 0.6 is 18.6 Å². The van der Waals surface area contributed by atoms with Gasteiger partial charge in [0.25, 0.3) is 0 Å². The zero-order valence-electron chi connectivity index (χ0n) is 5.12. The smallest absolute Gasteiger partial charge is 0.693 e. The third-order valence-electron chi connectivity index (χ3n) is 0. The molecule has 8 heavy (non-hydrogen) atoms. The summed E-state index contributed by atoms with van der Waals surface area (Å²) in [5, 5.41) is 0. The van der Waals surface area contributed by atoms with Gasteiger partial charge in [0, 0.05) is 0 Å². The molecule has 0 aliphatic rings. The standard InChI is InChI=1S/C4H9.2ClH.H2N.Ti/c1-4(2)3;;;;/h4H,1H2,2-3H3;2*1H;1H2;/q-1;;;-1;+2/p-2. The van der Waals surface area contributed by atoms with Crippen molar-refractivity contribution >= 4 is 18.6 Å². The molecule has 1 nitrogen and oxygen atoms in total. The fraction of sp³-hybridized carbons (Fsp3) is 0.750. The molecular formula is C4H11Cl2NTi-2. The second-order valence-corrected chi connectivity index (χ2v) is 4.04. The van der Waals surface area contributed by atoms with E-state index in [1.54, 1.807) is 0 Å². The summed E-state index contributed by atoms with van der Waals surface area (Å²) in [6, 6.07) is 0. The summed E-state index contributed by atoms with van der Waals surface area (Å²) in [6.45, 7) is 7.75. The minimum absolute atomic E-state index is 0. The van der Waals surface area contributed by atoms with E-state index >= 15 is 0 Å². The topological polar surface area (TPSA) is 33.5 Å². The molecule has 0 saturated carbocycles. The van der Waals surface area contributed by atoms with Crippen molar-refractivity contribution in [2.75, 3.05) is 0 Å². The SMILES string of the molecule is [CH2-]C(C)C.[Cl][Ti][Cl].[NH2-]. The van der Waals surface area contributed by atoms with Gasteiger partial charge >= 0.3 is 35.6 Å². The van der Waals surface area contributed by atoms with Crippen molar-refractivity contribution in [3.8, 4) is 0 Å². The fourth-order valence-electron chi connectivity index (χ4n) is 0. The Kier molecular flexibility index (Phi) is 31.7. The molecule has 0 heterocycles. The van der Waals surface area contributed by atoms with E-state index in [1.807, 2.05) is 0 Å². The van der Waals surface area contributed by atoms with E-state index in [2.05, 4.69) is 20.8 Å². The fourth-order valence-corrected chi connectivity index (χ4v) is 0. The van der Waals surface area contributed by atoms with E-state index < -0.39 is 17.0 Å². The maximum atomic E-state index is 4.89. The van der Waals surface area contributed by atoms with Crippen LogP contribution in [0.15, 0.2) is 0 Å². The van der Waals surface area contributed by atoms with Crippen LogP contribution in [0.5, 0.6) is 0 Å². The van der Waals surface area contributed by atoms with Gasteiger partial charge in [-0.05, 0) is 0 Å². The van der Waals surface area contributed by atoms with Crippen LogP contribution in [0.3, 0.4) is 0 Å². The molecule has 0 aromatic heterocycles. The molecular weight excluding hydrogens is 181 g/mol. The van der Waals surface area contributed by atoms with Gasteiger partial charge < -0.3 is 13.1 Å². The number of rotatable bonds is 0. The molecule has 0 aliphatic carbocycles. The first-order valence-corrected chi connectivity index (χ1v) is 6.24. The van der Waals surface area contributed by atoms with E-state index in [4.69, 9.17) is 18.6 Å². The van der Waals surface area contributed by atoms with E-state index in [9.17, 15) is 0 Å². The van der Waals surface area contributed by atoms with Gasteiger partial charge in [-0.1, -0.05) is 13.8 Å². The average molecular weight is 192 g/mol. The van der Waals surface area contributed by atoms with Crippen LogP contribution in [-0.2, 0) is 17.0 Å². The van der Waals surface area contributed by atoms with Gasteiger partial charge in [-0.15, -0.1) is 0 Å². The molecule has 0 aliphatic heterocycles. The molecule has 0 radical (unpaired) electrons. The Morgan fingerprint density at radius 1 is 1.38 bits per heavy atom. The molecule has 52 valence electrons. The van der Waals surface area contributed by atoms with Gasteiger partial charge in [-0.25, -0.2) is 0 Å². The van der Waals surface area contributed by atoms with Crippen molar-refractivity contribution in [2.45, 2.75) is 13.8 Å². The Balaban J connectivity index is -0.0000000575. The first-order valence-electron chi connectivity index (χ1n) is 1.94. The normalized spacial score (nSPS) is 6.25. The second kappa shape index (κ2) is 15.7. The quantitative estimate of drug-likeness (QED) is 0.415. The van der Waals surface area contributed by atoms with Gasteiger partial charge in [-0.2, -0.15) is 5.92 Å². The van der Waals surface area contributed by atoms with Crippen LogP contribution in [0.25, 0.3) is 6.15 Å². The molecule has 0 saturated heterocycles. The van der Waals surface area contributed by atoms with E-state index in [0.29, 0.717) is 5.92 Å². The Labute approximate surface area is 68.4 Å². The van der Waals surface area contributed by atoms with Gasteiger partial charge in [0.1, 0.15) is 0 Å². The van der Waals surface area contributed by atoms with Crippen molar-refractivity contribution in [3.63, 3.8) is 0 Å². The van der Waals surface area contributed by atoms with Gasteiger partial charge in [0.05, 0.1) is 0 Å². The second-order valence-electron chi connectivity index (χ2n) is 1.47. The van der Waals surface area contributed by atoms with Gasteiger partial charge in [0.15, 0.2) is 0 Å². The summed E-state index contributed by atoms with van der Waals surface area (Å²) in [6.07, 6.45) is 0. The van der Waals surface area contributed by atoms with Crippen molar-refractivity contribution < 1.29 is 17.0 Å². The number of nitrogens with two attached hydrogens (primary N) is 1. The number of hydrogen-bond donors (Lipinski definition) is 0. The molecule has 0 aromatic carbocycles. The van der Waals surface area contributed by atoms with Gasteiger partial charge in [0.2, 0.25) is 0 Å². The van der Waals surface area contributed by atoms with Crippen LogP contribution in [0, 0.1) is 12.8 Å². The first kappa shape index (κ1) is 16.1. The Morgan fingerprint density at radius 2 is 1.38 bits per heavy atom. The van der Waals surface area contributed by atoms with Crippen molar-refractivity contribution in [2.24, 2.45) is 5.92 Å². The van der Waals surface area contributed by atoms with Gasteiger partial charge in [-0.3, -0.25) is 0 Å². The Hall–Kier alpha value is 1.25. The summed E-state index contributed by atoms with van der Waals surface area (Å²) in [5.74, 6) is 0.583.